The summed E-state index contributed by atoms with van der Waals surface area (Å²) < 4.78 is 5.30. The fraction of sp³-hybridized carbons (Fsp3) is 0.600. The molecule has 8 nitrogen and oxygen atoms in total. The Morgan fingerprint density at radius 3 is 3.00 bits per heavy atom. The van der Waals surface area contributed by atoms with E-state index in [0.29, 0.717) is 19.7 Å². The molecule has 0 aromatic carbocycles. The van der Waals surface area contributed by atoms with Crippen LogP contribution in [0.4, 0.5) is 11.5 Å². The Bertz CT molecular complexity index is 499. The minimum atomic E-state index is -0.523. The van der Waals surface area contributed by atoms with Crippen LogP contribution >= 0.6 is 11.6 Å². The Morgan fingerprint density at radius 1 is 1.63 bits per heavy atom. The van der Waals surface area contributed by atoms with Crippen LogP contribution in [0, 0.1) is 17.0 Å². The molecule has 1 atom stereocenters. The summed E-state index contributed by atoms with van der Waals surface area (Å²) in [6, 6.07) is 0. The monoisotopic (exact) mass is 288 g/mol. The molecule has 1 aromatic heterocycles. The predicted octanol–water partition coefficient (Wildman–Crippen LogP) is 0.544. The highest BCUT2D eigenvalue weighted by molar-refractivity contribution is 6.28. The van der Waals surface area contributed by atoms with E-state index in [4.69, 9.17) is 21.4 Å². The third-order valence-electron chi connectivity index (χ3n) is 2.84. The summed E-state index contributed by atoms with van der Waals surface area (Å²) in [5.74, 6) is 0.171. The van der Waals surface area contributed by atoms with Crippen LogP contribution < -0.4 is 4.90 Å². The van der Waals surface area contributed by atoms with E-state index in [1.807, 2.05) is 0 Å². The zero-order valence-corrected chi connectivity index (χ0v) is 11.0. The molecule has 1 fully saturated rings. The number of aliphatic hydroxyl groups is 1. The van der Waals surface area contributed by atoms with Crippen LogP contribution in [-0.2, 0) is 4.74 Å². The standard InChI is InChI=1S/C10H13ClN4O4/c1-6-8(15(17)18)9(13-10(11)12-6)14-2-3-19-7(4-14)5-16/h7,16H,2-5H2,1H3. The van der Waals surface area contributed by atoms with E-state index in [9.17, 15) is 10.1 Å². The molecular formula is C10H13ClN4O4. The SMILES string of the molecule is Cc1nc(Cl)nc(N2CCOC(CO)C2)c1[N+](=O)[O-]. The van der Waals surface area contributed by atoms with Gasteiger partial charge < -0.3 is 14.7 Å². The minimum Gasteiger partial charge on any atom is -0.394 e. The highest BCUT2D eigenvalue weighted by Crippen LogP contribution is 2.30. The second-order valence-corrected chi connectivity index (χ2v) is 4.47. The Hall–Kier alpha value is -1.51. The second kappa shape index (κ2) is 5.64. The maximum atomic E-state index is 11.1. The Labute approximate surface area is 114 Å². The number of anilines is 1. The number of morpholine rings is 1. The van der Waals surface area contributed by atoms with Crippen LogP contribution in [0.25, 0.3) is 0 Å². The molecule has 1 unspecified atom stereocenters. The van der Waals surface area contributed by atoms with Crippen LogP contribution in [0.3, 0.4) is 0 Å². The van der Waals surface area contributed by atoms with Gasteiger partial charge >= 0.3 is 5.69 Å². The largest absolute Gasteiger partial charge is 0.394 e. The molecule has 0 aliphatic carbocycles. The number of halogens is 1. The molecule has 0 amide bonds. The van der Waals surface area contributed by atoms with E-state index in [2.05, 4.69) is 9.97 Å². The maximum absolute atomic E-state index is 11.1. The molecule has 1 aromatic rings. The van der Waals surface area contributed by atoms with Crippen molar-refractivity contribution in [2.45, 2.75) is 13.0 Å². The first-order valence-electron chi connectivity index (χ1n) is 5.69. The smallest absolute Gasteiger partial charge is 0.332 e. The van der Waals surface area contributed by atoms with Gasteiger partial charge in [0, 0.05) is 13.1 Å². The number of aromatic nitrogens is 2. The minimum absolute atomic E-state index is 0.0369. The Kier molecular flexibility index (Phi) is 4.13. The van der Waals surface area contributed by atoms with Crippen molar-refractivity contribution in [2.24, 2.45) is 0 Å². The average Bonchev–Trinajstić information content (AvgIpc) is 2.37. The lowest BCUT2D eigenvalue weighted by atomic mass is 10.2. The van der Waals surface area contributed by atoms with E-state index in [-0.39, 0.29) is 35.2 Å². The third kappa shape index (κ3) is 2.91. The van der Waals surface area contributed by atoms with Crippen LogP contribution in [-0.4, -0.2) is 52.4 Å². The van der Waals surface area contributed by atoms with Gasteiger partial charge in [0.1, 0.15) is 5.69 Å². The Balaban J connectivity index is 2.40. The number of aryl methyl sites for hydroxylation is 1. The van der Waals surface area contributed by atoms with Gasteiger partial charge in [0.25, 0.3) is 0 Å². The molecule has 2 heterocycles. The molecule has 0 bridgehead atoms. The van der Waals surface area contributed by atoms with Crippen molar-refractivity contribution < 1.29 is 14.8 Å². The first kappa shape index (κ1) is 13.9. The van der Waals surface area contributed by atoms with Crippen LogP contribution in [0.1, 0.15) is 5.69 Å². The second-order valence-electron chi connectivity index (χ2n) is 4.13. The fourth-order valence-electron chi connectivity index (χ4n) is 1.97. The van der Waals surface area contributed by atoms with Crippen LogP contribution in [0.15, 0.2) is 0 Å². The van der Waals surface area contributed by atoms with Gasteiger partial charge in [-0.1, -0.05) is 0 Å². The van der Waals surface area contributed by atoms with Gasteiger partial charge in [-0.05, 0) is 18.5 Å². The maximum Gasteiger partial charge on any atom is 0.332 e. The lowest BCUT2D eigenvalue weighted by molar-refractivity contribution is -0.385. The molecule has 0 spiro atoms. The number of hydrogen-bond acceptors (Lipinski definition) is 7. The number of nitrogens with zero attached hydrogens (tertiary/aromatic N) is 4. The highest BCUT2D eigenvalue weighted by Gasteiger charge is 2.29. The number of aliphatic hydroxyl groups excluding tert-OH is 1. The van der Waals surface area contributed by atoms with Gasteiger partial charge in [-0.15, -0.1) is 0 Å². The van der Waals surface area contributed by atoms with Crippen LogP contribution in [0.5, 0.6) is 0 Å². The highest BCUT2D eigenvalue weighted by atomic mass is 35.5. The molecule has 1 aliphatic heterocycles. The molecule has 0 saturated carbocycles. The van der Waals surface area contributed by atoms with Gasteiger partial charge in [-0.2, -0.15) is 4.98 Å². The molecule has 1 aliphatic rings. The molecule has 1 saturated heterocycles. The Morgan fingerprint density at radius 2 is 2.37 bits per heavy atom. The van der Waals surface area contributed by atoms with E-state index >= 15 is 0 Å². The molecular weight excluding hydrogens is 276 g/mol. The van der Waals surface area contributed by atoms with Crippen molar-refractivity contribution in [2.75, 3.05) is 31.2 Å². The van der Waals surface area contributed by atoms with Crippen molar-refractivity contribution in [3.8, 4) is 0 Å². The van der Waals surface area contributed by atoms with Crippen molar-refractivity contribution in [3.63, 3.8) is 0 Å². The molecule has 1 N–H and O–H groups in total. The number of nitro groups is 1. The topological polar surface area (TPSA) is 102 Å². The summed E-state index contributed by atoms with van der Waals surface area (Å²) in [7, 11) is 0. The first-order chi connectivity index (χ1) is 9.02. The van der Waals surface area contributed by atoms with E-state index in [0.717, 1.165) is 0 Å². The van der Waals surface area contributed by atoms with E-state index in [1.54, 1.807) is 4.90 Å². The van der Waals surface area contributed by atoms with Gasteiger partial charge in [0.05, 0.1) is 24.2 Å². The molecule has 0 radical (unpaired) electrons. The van der Waals surface area contributed by atoms with Crippen LogP contribution in [0.2, 0.25) is 5.28 Å². The zero-order valence-electron chi connectivity index (χ0n) is 10.2. The zero-order chi connectivity index (χ0) is 14.0. The molecule has 19 heavy (non-hydrogen) atoms. The first-order valence-corrected chi connectivity index (χ1v) is 6.06. The van der Waals surface area contributed by atoms with Gasteiger partial charge in [-0.25, -0.2) is 4.98 Å². The quantitative estimate of drug-likeness (QED) is 0.492. The van der Waals surface area contributed by atoms with E-state index < -0.39 is 4.92 Å². The predicted molar refractivity (Wildman–Crippen MR) is 67.5 cm³/mol. The molecule has 104 valence electrons. The summed E-state index contributed by atoms with van der Waals surface area (Å²) in [4.78, 5) is 20.0. The average molecular weight is 289 g/mol. The summed E-state index contributed by atoms with van der Waals surface area (Å²) in [5.41, 5.74) is 0.0510. The van der Waals surface area contributed by atoms with Crippen molar-refractivity contribution >= 4 is 23.1 Å². The summed E-state index contributed by atoms with van der Waals surface area (Å²) in [6.07, 6.45) is -0.387. The summed E-state index contributed by atoms with van der Waals surface area (Å²) in [5, 5.41) is 20.2. The van der Waals surface area contributed by atoms with E-state index in [1.165, 1.54) is 6.92 Å². The number of hydrogen-bond donors (Lipinski definition) is 1. The van der Waals surface area contributed by atoms with Gasteiger partial charge in [0.2, 0.25) is 11.1 Å². The normalized spacial score (nSPS) is 19.5. The molecule has 9 heteroatoms. The lowest BCUT2D eigenvalue weighted by Gasteiger charge is -2.32. The molecule has 2 rings (SSSR count). The fourth-order valence-corrected chi connectivity index (χ4v) is 2.18. The number of ether oxygens (including phenoxy) is 1. The van der Waals surface area contributed by atoms with Crippen molar-refractivity contribution in [1.82, 2.24) is 9.97 Å². The number of rotatable bonds is 3. The lowest BCUT2D eigenvalue weighted by Crippen LogP contribution is -2.44. The third-order valence-corrected chi connectivity index (χ3v) is 3.01. The van der Waals surface area contributed by atoms with Crippen molar-refractivity contribution in [3.05, 3.63) is 21.1 Å². The van der Waals surface area contributed by atoms with Gasteiger partial charge in [0.15, 0.2) is 0 Å². The van der Waals surface area contributed by atoms with Gasteiger partial charge in [-0.3, -0.25) is 10.1 Å². The summed E-state index contributed by atoms with van der Waals surface area (Å²) in [6.45, 7) is 2.50. The van der Waals surface area contributed by atoms with Crippen molar-refractivity contribution in [1.29, 1.82) is 0 Å². The summed E-state index contributed by atoms with van der Waals surface area (Å²) >= 11 is 5.76.